The summed E-state index contributed by atoms with van der Waals surface area (Å²) in [4.78, 5) is 2.43. The van der Waals surface area contributed by atoms with Crippen LogP contribution in [0.1, 0.15) is 16.7 Å². The van der Waals surface area contributed by atoms with Gasteiger partial charge in [-0.3, -0.25) is 0 Å². The van der Waals surface area contributed by atoms with Crippen LogP contribution in [0.5, 0.6) is 0 Å². The molecule has 0 spiro atoms. The molecule has 0 saturated heterocycles. The van der Waals surface area contributed by atoms with Crippen molar-refractivity contribution >= 4 is 17.3 Å². The Hall–Kier alpha value is -1.51. The van der Waals surface area contributed by atoms with E-state index in [9.17, 15) is 0 Å². The van der Waals surface area contributed by atoms with Crippen molar-refractivity contribution in [3.63, 3.8) is 0 Å². The number of hydrogen-bond donors (Lipinski definition) is 1. The van der Waals surface area contributed by atoms with Crippen molar-refractivity contribution in [2.45, 2.75) is 19.5 Å². The first-order valence-corrected chi connectivity index (χ1v) is 7.40. The molecule has 1 N–H and O–H groups in total. The first kappa shape index (κ1) is 13.5. The van der Waals surface area contributed by atoms with E-state index in [1.807, 2.05) is 13.1 Å². The van der Waals surface area contributed by atoms with Crippen LogP contribution < -0.4 is 10.2 Å². The average Bonchev–Trinajstić information content (AvgIpc) is 2.49. The van der Waals surface area contributed by atoms with Crippen LogP contribution in [0.3, 0.4) is 0 Å². The molecule has 0 saturated carbocycles. The summed E-state index contributed by atoms with van der Waals surface area (Å²) in [6, 6.07) is 14.9. The molecule has 0 bridgehead atoms. The van der Waals surface area contributed by atoms with E-state index in [4.69, 9.17) is 11.6 Å². The van der Waals surface area contributed by atoms with Gasteiger partial charge >= 0.3 is 0 Å². The summed E-state index contributed by atoms with van der Waals surface area (Å²) in [5.41, 5.74) is 5.45. The lowest BCUT2D eigenvalue weighted by Crippen LogP contribution is -2.31. The van der Waals surface area contributed by atoms with Gasteiger partial charge in [0.2, 0.25) is 0 Å². The van der Waals surface area contributed by atoms with Crippen molar-refractivity contribution in [3.8, 4) is 0 Å². The summed E-state index contributed by atoms with van der Waals surface area (Å²) in [6.45, 7) is 2.88. The Morgan fingerprint density at radius 1 is 1.15 bits per heavy atom. The van der Waals surface area contributed by atoms with Crippen molar-refractivity contribution < 1.29 is 0 Å². The van der Waals surface area contributed by atoms with Gasteiger partial charge in [-0.15, -0.1) is 0 Å². The van der Waals surface area contributed by atoms with E-state index in [0.29, 0.717) is 0 Å². The van der Waals surface area contributed by atoms with Gasteiger partial charge in [-0.1, -0.05) is 41.9 Å². The van der Waals surface area contributed by atoms with Crippen molar-refractivity contribution in [3.05, 3.63) is 64.2 Å². The van der Waals surface area contributed by atoms with Crippen molar-refractivity contribution in [2.24, 2.45) is 0 Å². The van der Waals surface area contributed by atoms with Crippen molar-refractivity contribution in [1.82, 2.24) is 5.32 Å². The first-order valence-electron chi connectivity index (χ1n) is 7.02. The maximum Gasteiger partial charge on any atom is 0.0432 e. The number of halogens is 1. The number of rotatable bonds is 3. The molecule has 0 radical (unpaired) electrons. The molecule has 1 aliphatic rings. The second-order valence-electron chi connectivity index (χ2n) is 5.24. The molecule has 3 heteroatoms. The Bertz CT molecular complexity index is 610. The molecule has 20 heavy (non-hydrogen) atoms. The summed E-state index contributed by atoms with van der Waals surface area (Å²) in [7, 11) is 1.98. The highest BCUT2D eigenvalue weighted by Gasteiger charge is 2.18. The van der Waals surface area contributed by atoms with Gasteiger partial charge in [-0.25, -0.2) is 0 Å². The third-order valence-corrected chi connectivity index (χ3v) is 4.12. The van der Waals surface area contributed by atoms with Crippen LogP contribution in [0, 0.1) is 0 Å². The zero-order valence-electron chi connectivity index (χ0n) is 11.7. The van der Waals surface area contributed by atoms with Gasteiger partial charge < -0.3 is 10.2 Å². The summed E-state index contributed by atoms with van der Waals surface area (Å²) >= 11 is 6.19. The third kappa shape index (κ3) is 2.67. The predicted molar refractivity (Wildman–Crippen MR) is 85.4 cm³/mol. The molecule has 0 unspecified atom stereocenters. The number of benzene rings is 2. The zero-order chi connectivity index (χ0) is 13.9. The SMILES string of the molecule is CNCc1ccc(Cl)cc1N1CCc2ccccc2C1. The molecule has 3 rings (SSSR count). The number of hydrogen-bond acceptors (Lipinski definition) is 2. The first-order chi connectivity index (χ1) is 9.78. The normalized spacial score (nSPS) is 14.2. The van der Waals surface area contributed by atoms with Gasteiger partial charge in [-0.05, 0) is 42.3 Å². The molecule has 1 heterocycles. The molecule has 2 aromatic rings. The van der Waals surface area contributed by atoms with Gasteiger partial charge in [0, 0.05) is 30.3 Å². The quantitative estimate of drug-likeness (QED) is 0.927. The zero-order valence-corrected chi connectivity index (χ0v) is 12.5. The summed E-state index contributed by atoms with van der Waals surface area (Å²) in [5.74, 6) is 0. The molecule has 0 fully saturated rings. The lowest BCUT2D eigenvalue weighted by molar-refractivity contribution is 0.720. The standard InChI is InChI=1S/C17H19ClN2/c1-19-11-14-6-7-16(18)10-17(14)20-9-8-13-4-2-3-5-15(13)12-20/h2-7,10,19H,8-9,11-12H2,1H3. The minimum Gasteiger partial charge on any atom is -0.367 e. The highest BCUT2D eigenvalue weighted by Crippen LogP contribution is 2.29. The Morgan fingerprint density at radius 2 is 1.95 bits per heavy atom. The van der Waals surface area contributed by atoms with Crippen LogP contribution in [-0.2, 0) is 19.5 Å². The Kier molecular flexibility index (Phi) is 3.95. The molecular formula is C17H19ClN2. The van der Waals surface area contributed by atoms with Crippen LogP contribution in [0.2, 0.25) is 5.02 Å². The minimum atomic E-state index is 0.804. The maximum atomic E-state index is 6.19. The van der Waals surface area contributed by atoms with Crippen LogP contribution in [0.25, 0.3) is 0 Å². The van der Waals surface area contributed by atoms with Crippen LogP contribution >= 0.6 is 11.6 Å². The van der Waals surface area contributed by atoms with E-state index in [0.717, 1.165) is 31.1 Å². The van der Waals surface area contributed by atoms with Crippen LogP contribution in [0.4, 0.5) is 5.69 Å². The van der Waals surface area contributed by atoms with Gasteiger partial charge in [0.25, 0.3) is 0 Å². The molecule has 0 amide bonds. The van der Waals surface area contributed by atoms with Gasteiger partial charge in [0.05, 0.1) is 0 Å². The Labute approximate surface area is 125 Å². The second kappa shape index (κ2) is 5.86. The van der Waals surface area contributed by atoms with Gasteiger partial charge in [0.15, 0.2) is 0 Å². The lowest BCUT2D eigenvalue weighted by Gasteiger charge is -2.32. The van der Waals surface area contributed by atoms with Crippen molar-refractivity contribution in [1.29, 1.82) is 0 Å². The molecular weight excluding hydrogens is 268 g/mol. The molecule has 0 aliphatic carbocycles. The number of fused-ring (bicyclic) bond motifs is 1. The molecule has 1 aliphatic heterocycles. The Morgan fingerprint density at radius 3 is 2.75 bits per heavy atom. The second-order valence-corrected chi connectivity index (χ2v) is 5.68. The highest BCUT2D eigenvalue weighted by atomic mass is 35.5. The van der Waals surface area contributed by atoms with E-state index < -0.39 is 0 Å². The van der Waals surface area contributed by atoms with E-state index in [2.05, 4.69) is 46.6 Å². The number of nitrogens with one attached hydrogen (secondary N) is 1. The maximum absolute atomic E-state index is 6.19. The van der Waals surface area contributed by atoms with Crippen LogP contribution in [-0.4, -0.2) is 13.6 Å². The predicted octanol–water partition coefficient (Wildman–Crippen LogP) is 3.62. The van der Waals surface area contributed by atoms with E-state index >= 15 is 0 Å². The van der Waals surface area contributed by atoms with Gasteiger partial charge in [-0.2, -0.15) is 0 Å². The van der Waals surface area contributed by atoms with E-state index in [-0.39, 0.29) is 0 Å². The fourth-order valence-corrected chi connectivity index (χ4v) is 3.04. The number of anilines is 1. The minimum absolute atomic E-state index is 0.804. The molecule has 2 aromatic carbocycles. The molecule has 0 atom stereocenters. The van der Waals surface area contributed by atoms with E-state index in [1.165, 1.54) is 22.4 Å². The largest absolute Gasteiger partial charge is 0.367 e. The van der Waals surface area contributed by atoms with Gasteiger partial charge in [0.1, 0.15) is 0 Å². The molecule has 0 aromatic heterocycles. The molecule has 2 nitrogen and oxygen atoms in total. The highest BCUT2D eigenvalue weighted by molar-refractivity contribution is 6.30. The summed E-state index contributed by atoms with van der Waals surface area (Å²) in [5, 5.41) is 4.04. The third-order valence-electron chi connectivity index (χ3n) is 3.89. The average molecular weight is 287 g/mol. The summed E-state index contributed by atoms with van der Waals surface area (Å²) in [6.07, 6.45) is 1.10. The smallest absolute Gasteiger partial charge is 0.0432 e. The lowest BCUT2D eigenvalue weighted by atomic mass is 9.98. The monoisotopic (exact) mass is 286 g/mol. The Balaban J connectivity index is 1.92. The fraction of sp³-hybridized carbons (Fsp3) is 0.294. The van der Waals surface area contributed by atoms with E-state index in [1.54, 1.807) is 0 Å². The fourth-order valence-electron chi connectivity index (χ4n) is 2.87. The topological polar surface area (TPSA) is 15.3 Å². The van der Waals surface area contributed by atoms with Crippen LogP contribution in [0.15, 0.2) is 42.5 Å². The molecule has 104 valence electrons. The summed E-state index contributed by atoms with van der Waals surface area (Å²) < 4.78 is 0. The van der Waals surface area contributed by atoms with Crippen molar-refractivity contribution in [2.75, 3.05) is 18.5 Å². The number of nitrogens with zero attached hydrogens (tertiary/aromatic N) is 1.